The molecule has 88 valence electrons. The lowest BCUT2D eigenvalue weighted by Crippen LogP contribution is -2.43. The van der Waals surface area contributed by atoms with Gasteiger partial charge >= 0.3 is 5.97 Å². The van der Waals surface area contributed by atoms with Crippen LogP contribution in [0.4, 0.5) is 0 Å². The summed E-state index contributed by atoms with van der Waals surface area (Å²) >= 11 is 1.90. The van der Waals surface area contributed by atoms with Gasteiger partial charge in [0.05, 0.1) is 13.2 Å². The summed E-state index contributed by atoms with van der Waals surface area (Å²) in [5.41, 5.74) is 0. The fourth-order valence-corrected chi connectivity index (χ4v) is 3.00. The maximum atomic E-state index is 11.2. The number of rotatable bonds is 5. The number of hydrogen-bond acceptors (Lipinski definition) is 4. The van der Waals surface area contributed by atoms with Crippen molar-refractivity contribution in [1.29, 1.82) is 0 Å². The summed E-state index contributed by atoms with van der Waals surface area (Å²) in [5.74, 6) is -0.136. The minimum atomic E-state index is -0.136. The molecule has 1 N–H and O–H groups in total. The minimum absolute atomic E-state index is 0.136. The van der Waals surface area contributed by atoms with Gasteiger partial charge in [0.15, 0.2) is 0 Å². The Balaban J connectivity index is 2.26. The molecule has 0 saturated heterocycles. The van der Waals surface area contributed by atoms with E-state index in [1.165, 1.54) is 25.7 Å². The summed E-state index contributed by atoms with van der Waals surface area (Å²) < 4.78 is 4.89. The zero-order valence-electron chi connectivity index (χ0n) is 9.62. The number of carbonyl (C=O) groups excluding carboxylic acids is 1. The third-order valence-electron chi connectivity index (χ3n) is 2.82. The van der Waals surface area contributed by atoms with E-state index in [2.05, 4.69) is 11.6 Å². The molecule has 4 heteroatoms. The number of carbonyl (C=O) groups is 1. The van der Waals surface area contributed by atoms with Crippen molar-refractivity contribution in [1.82, 2.24) is 5.32 Å². The Morgan fingerprint density at radius 1 is 1.47 bits per heavy atom. The second-order valence-corrected chi connectivity index (χ2v) is 4.93. The highest BCUT2D eigenvalue weighted by atomic mass is 32.2. The van der Waals surface area contributed by atoms with E-state index in [1.54, 1.807) is 0 Å². The Kier molecular flexibility index (Phi) is 6.10. The molecule has 2 unspecified atom stereocenters. The van der Waals surface area contributed by atoms with Gasteiger partial charge in [-0.25, -0.2) is 0 Å². The molecule has 0 aromatic rings. The van der Waals surface area contributed by atoms with Crippen LogP contribution in [0.3, 0.4) is 0 Å². The van der Waals surface area contributed by atoms with Crippen molar-refractivity contribution in [3.05, 3.63) is 0 Å². The molecule has 0 aromatic heterocycles. The van der Waals surface area contributed by atoms with Crippen LogP contribution in [0.1, 0.15) is 32.6 Å². The molecule has 0 spiro atoms. The minimum Gasteiger partial charge on any atom is -0.465 e. The molecule has 0 amide bonds. The maximum Gasteiger partial charge on any atom is 0.319 e. The van der Waals surface area contributed by atoms with Crippen molar-refractivity contribution in [3.8, 4) is 0 Å². The monoisotopic (exact) mass is 231 g/mol. The van der Waals surface area contributed by atoms with Gasteiger partial charge in [0.25, 0.3) is 0 Å². The van der Waals surface area contributed by atoms with Crippen LogP contribution < -0.4 is 5.32 Å². The lowest BCUT2D eigenvalue weighted by molar-refractivity contribution is -0.142. The fraction of sp³-hybridized carbons (Fsp3) is 0.909. The van der Waals surface area contributed by atoms with E-state index in [1.807, 2.05) is 18.7 Å². The molecule has 1 aliphatic carbocycles. The number of ether oxygens (including phenoxy) is 1. The topological polar surface area (TPSA) is 38.3 Å². The number of nitrogens with one attached hydrogen (secondary N) is 1. The molecule has 15 heavy (non-hydrogen) atoms. The van der Waals surface area contributed by atoms with E-state index in [-0.39, 0.29) is 5.97 Å². The lowest BCUT2D eigenvalue weighted by Gasteiger charge is -2.30. The van der Waals surface area contributed by atoms with Gasteiger partial charge in [-0.2, -0.15) is 11.8 Å². The van der Waals surface area contributed by atoms with E-state index >= 15 is 0 Å². The van der Waals surface area contributed by atoms with Gasteiger partial charge in [-0.3, -0.25) is 4.79 Å². The first-order valence-electron chi connectivity index (χ1n) is 5.69. The number of esters is 1. The molecule has 0 aromatic carbocycles. The van der Waals surface area contributed by atoms with Gasteiger partial charge in [-0.1, -0.05) is 12.8 Å². The largest absolute Gasteiger partial charge is 0.465 e. The smallest absolute Gasteiger partial charge is 0.319 e. The highest BCUT2D eigenvalue weighted by Gasteiger charge is 2.24. The molecule has 0 radical (unpaired) electrons. The van der Waals surface area contributed by atoms with Gasteiger partial charge in [-0.15, -0.1) is 0 Å². The van der Waals surface area contributed by atoms with Crippen LogP contribution in [-0.2, 0) is 9.53 Å². The Morgan fingerprint density at radius 3 is 2.87 bits per heavy atom. The van der Waals surface area contributed by atoms with Crippen LogP contribution in [-0.4, -0.2) is 36.7 Å². The van der Waals surface area contributed by atoms with Crippen molar-refractivity contribution in [2.24, 2.45) is 0 Å². The second kappa shape index (κ2) is 7.12. The zero-order valence-corrected chi connectivity index (χ0v) is 10.4. The molecule has 1 aliphatic rings. The highest BCUT2D eigenvalue weighted by molar-refractivity contribution is 7.99. The Morgan fingerprint density at radius 2 is 2.20 bits per heavy atom. The highest BCUT2D eigenvalue weighted by Crippen LogP contribution is 2.26. The van der Waals surface area contributed by atoms with Crippen LogP contribution in [0.25, 0.3) is 0 Å². The molecule has 3 nitrogen and oxygen atoms in total. The Bertz CT molecular complexity index is 199. The predicted molar refractivity (Wildman–Crippen MR) is 64.2 cm³/mol. The van der Waals surface area contributed by atoms with E-state index in [0.717, 1.165) is 0 Å². The van der Waals surface area contributed by atoms with Crippen molar-refractivity contribution >= 4 is 17.7 Å². The lowest BCUT2D eigenvalue weighted by atomic mass is 9.95. The van der Waals surface area contributed by atoms with Crippen molar-refractivity contribution in [2.45, 2.75) is 43.9 Å². The predicted octanol–water partition coefficient (Wildman–Crippen LogP) is 1.81. The molecule has 0 aliphatic heterocycles. The van der Waals surface area contributed by atoms with Crippen LogP contribution >= 0.6 is 11.8 Å². The van der Waals surface area contributed by atoms with Crippen LogP contribution in [0.5, 0.6) is 0 Å². The van der Waals surface area contributed by atoms with E-state index in [0.29, 0.717) is 24.4 Å². The summed E-state index contributed by atoms with van der Waals surface area (Å²) in [4.78, 5) is 11.2. The Hall–Kier alpha value is -0.220. The summed E-state index contributed by atoms with van der Waals surface area (Å²) in [6, 6.07) is 0.484. The van der Waals surface area contributed by atoms with Gasteiger partial charge in [0.2, 0.25) is 0 Å². The normalized spacial score (nSPS) is 26.3. The number of hydrogen-bond donors (Lipinski definition) is 1. The third kappa shape index (κ3) is 4.43. The second-order valence-electron chi connectivity index (χ2n) is 3.85. The summed E-state index contributed by atoms with van der Waals surface area (Å²) in [7, 11) is 0. The average molecular weight is 231 g/mol. The third-order valence-corrected chi connectivity index (χ3v) is 3.99. The molecule has 1 fully saturated rings. The van der Waals surface area contributed by atoms with E-state index in [9.17, 15) is 4.79 Å². The molecule has 0 bridgehead atoms. The zero-order chi connectivity index (χ0) is 11.1. The maximum absolute atomic E-state index is 11.2. The van der Waals surface area contributed by atoms with Crippen LogP contribution in [0.15, 0.2) is 0 Å². The quantitative estimate of drug-likeness (QED) is 0.732. The molecular formula is C11H21NO2S. The van der Waals surface area contributed by atoms with Crippen LogP contribution in [0, 0.1) is 0 Å². The number of thioether (sulfide) groups is 1. The van der Waals surface area contributed by atoms with E-state index in [4.69, 9.17) is 4.74 Å². The molecule has 1 saturated carbocycles. The fourth-order valence-electron chi connectivity index (χ4n) is 2.04. The summed E-state index contributed by atoms with van der Waals surface area (Å²) in [6.45, 7) is 2.66. The molecule has 1 rings (SSSR count). The van der Waals surface area contributed by atoms with Crippen molar-refractivity contribution in [2.75, 3.05) is 19.4 Å². The first-order valence-corrected chi connectivity index (χ1v) is 6.98. The molecular weight excluding hydrogens is 210 g/mol. The van der Waals surface area contributed by atoms with Crippen molar-refractivity contribution in [3.63, 3.8) is 0 Å². The SMILES string of the molecule is CCOC(=O)CNC1CCCCC1SC. The van der Waals surface area contributed by atoms with Crippen molar-refractivity contribution < 1.29 is 9.53 Å². The average Bonchev–Trinajstić information content (AvgIpc) is 2.27. The summed E-state index contributed by atoms with van der Waals surface area (Å²) in [5, 5.41) is 3.97. The van der Waals surface area contributed by atoms with E-state index < -0.39 is 0 Å². The first-order chi connectivity index (χ1) is 7.27. The summed E-state index contributed by atoms with van der Waals surface area (Å²) in [6.07, 6.45) is 7.20. The van der Waals surface area contributed by atoms with Gasteiger partial charge in [0.1, 0.15) is 0 Å². The molecule has 0 heterocycles. The van der Waals surface area contributed by atoms with Gasteiger partial charge in [0, 0.05) is 11.3 Å². The van der Waals surface area contributed by atoms with Crippen LogP contribution in [0.2, 0.25) is 0 Å². The Labute approximate surface area is 96.3 Å². The van der Waals surface area contributed by atoms with Gasteiger partial charge in [-0.05, 0) is 26.0 Å². The standard InChI is InChI=1S/C11H21NO2S/c1-3-14-11(13)8-12-9-6-4-5-7-10(9)15-2/h9-10,12H,3-8H2,1-2H3. The van der Waals surface area contributed by atoms with Gasteiger partial charge < -0.3 is 10.1 Å². The molecule has 2 atom stereocenters. The first kappa shape index (κ1) is 12.8.